The molecule has 0 bridgehead atoms. The van der Waals surface area contributed by atoms with E-state index in [1.165, 1.54) is 12.1 Å². The monoisotopic (exact) mass is 467 g/mol. The molecule has 1 saturated carbocycles. The molecule has 0 unspecified atom stereocenters. The van der Waals surface area contributed by atoms with Gasteiger partial charge in [0.2, 0.25) is 5.91 Å². The van der Waals surface area contributed by atoms with E-state index in [9.17, 15) is 18.0 Å². The van der Waals surface area contributed by atoms with Crippen molar-refractivity contribution < 1.29 is 22.7 Å². The second-order valence-corrected chi connectivity index (χ2v) is 9.13. The van der Waals surface area contributed by atoms with Crippen LogP contribution in [0.5, 0.6) is 0 Å². The van der Waals surface area contributed by atoms with E-state index in [-0.39, 0.29) is 23.2 Å². The zero-order chi connectivity index (χ0) is 23.8. The number of nitrogens with zero attached hydrogens (tertiary/aromatic N) is 2. The third kappa shape index (κ3) is 6.96. The fourth-order valence-corrected chi connectivity index (χ4v) is 4.84. The molecular formula is C25H36F3N3O2. The third-order valence-corrected chi connectivity index (χ3v) is 6.91. The highest BCUT2D eigenvalue weighted by molar-refractivity contribution is 5.76. The molecule has 1 aliphatic heterocycles. The second-order valence-electron chi connectivity index (χ2n) is 9.13. The zero-order valence-electron chi connectivity index (χ0n) is 19.6. The Labute approximate surface area is 195 Å². The van der Waals surface area contributed by atoms with Gasteiger partial charge in [-0.1, -0.05) is 12.7 Å². The molecule has 2 aliphatic rings. The number of carbonyl (C=O) groups is 1. The minimum Gasteiger partial charge on any atom is -0.385 e. The van der Waals surface area contributed by atoms with Crippen LogP contribution in [0.2, 0.25) is 0 Å². The average Bonchev–Trinajstić information content (AvgIpc) is 2.83. The molecule has 1 aromatic rings. The largest absolute Gasteiger partial charge is 0.385 e. The number of nitrogens with one attached hydrogen (secondary N) is 1. The summed E-state index contributed by atoms with van der Waals surface area (Å²) in [5, 5.41) is 3.15. The smallest absolute Gasteiger partial charge is 0.220 e. The predicted molar refractivity (Wildman–Crippen MR) is 125 cm³/mol. The molecule has 8 heteroatoms. The lowest BCUT2D eigenvalue weighted by Crippen LogP contribution is -2.47. The Morgan fingerprint density at radius 3 is 2.45 bits per heavy atom. The Morgan fingerprint density at radius 1 is 1.12 bits per heavy atom. The zero-order valence-corrected chi connectivity index (χ0v) is 19.6. The highest BCUT2D eigenvalue weighted by atomic mass is 19.2. The molecule has 0 spiro atoms. The molecule has 1 aromatic carbocycles. The molecule has 1 heterocycles. The topological polar surface area (TPSA) is 44.8 Å². The molecule has 1 N–H and O–H groups in total. The number of methoxy groups -OCH3 is 1. The fourth-order valence-electron chi connectivity index (χ4n) is 4.84. The first kappa shape index (κ1) is 25.6. The van der Waals surface area contributed by atoms with Crippen molar-refractivity contribution in [1.82, 2.24) is 10.2 Å². The number of hydrogen-bond donors (Lipinski definition) is 1. The average molecular weight is 468 g/mol. The summed E-state index contributed by atoms with van der Waals surface area (Å²) in [6.07, 6.45) is 7.87. The lowest BCUT2D eigenvalue weighted by molar-refractivity contribution is -0.122. The molecule has 5 nitrogen and oxygen atoms in total. The number of amides is 1. The molecule has 184 valence electrons. The summed E-state index contributed by atoms with van der Waals surface area (Å²) in [6, 6.07) is 1.62. The van der Waals surface area contributed by atoms with Crippen LogP contribution in [0.3, 0.4) is 0 Å². The van der Waals surface area contributed by atoms with Crippen LogP contribution in [-0.4, -0.2) is 63.3 Å². The molecule has 0 atom stereocenters. The maximum absolute atomic E-state index is 14.3. The summed E-state index contributed by atoms with van der Waals surface area (Å²) in [6.45, 7) is 7.73. The maximum atomic E-state index is 14.3. The first-order valence-corrected chi connectivity index (χ1v) is 12.0. The van der Waals surface area contributed by atoms with E-state index in [1.807, 2.05) is 0 Å². The van der Waals surface area contributed by atoms with Gasteiger partial charge in [-0.05, 0) is 57.1 Å². The van der Waals surface area contributed by atoms with Gasteiger partial charge in [0.05, 0.1) is 5.69 Å². The summed E-state index contributed by atoms with van der Waals surface area (Å²) in [5.74, 6) is -2.99. The Morgan fingerprint density at radius 2 is 1.82 bits per heavy atom. The SMILES string of the molecule is C=Cc1cc(N2CCN(CCC3CCC(NC(=O)CCCOC)CC3)CC2)c(F)c(F)c1F. The summed E-state index contributed by atoms with van der Waals surface area (Å²) in [4.78, 5) is 16.1. The van der Waals surface area contributed by atoms with Crippen LogP contribution in [0.1, 0.15) is 50.5 Å². The number of anilines is 1. The first-order chi connectivity index (χ1) is 15.9. The quantitative estimate of drug-likeness (QED) is 0.410. The Balaban J connectivity index is 1.38. The van der Waals surface area contributed by atoms with Crippen LogP contribution in [0.15, 0.2) is 12.6 Å². The maximum Gasteiger partial charge on any atom is 0.220 e. The van der Waals surface area contributed by atoms with Gasteiger partial charge in [-0.25, -0.2) is 13.2 Å². The molecule has 1 aliphatic carbocycles. The van der Waals surface area contributed by atoms with Crippen molar-refractivity contribution in [2.75, 3.05) is 51.3 Å². The van der Waals surface area contributed by atoms with E-state index in [1.54, 1.807) is 12.0 Å². The molecule has 1 amide bonds. The standard InChI is InChI=1S/C25H36F3N3O2/c1-3-19-17-21(24(27)25(28)23(19)26)31-14-12-30(13-15-31)11-10-18-6-8-20(9-7-18)29-22(32)5-4-16-33-2/h3,17-18,20H,1,4-16H2,2H3,(H,29,32). The number of halogens is 3. The number of benzene rings is 1. The van der Waals surface area contributed by atoms with Gasteiger partial charge in [0, 0.05) is 57.9 Å². The summed E-state index contributed by atoms with van der Waals surface area (Å²) >= 11 is 0. The molecule has 2 fully saturated rings. The van der Waals surface area contributed by atoms with Crippen LogP contribution < -0.4 is 10.2 Å². The van der Waals surface area contributed by atoms with Gasteiger partial charge < -0.3 is 15.0 Å². The van der Waals surface area contributed by atoms with Crippen LogP contribution in [0.4, 0.5) is 18.9 Å². The van der Waals surface area contributed by atoms with Crippen molar-refractivity contribution in [3.05, 3.63) is 35.7 Å². The van der Waals surface area contributed by atoms with Gasteiger partial charge in [0.25, 0.3) is 0 Å². The molecule has 1 saturated heterocycles. The summed E-state index contributed by atoms with van der Waals surface area (Å²) < 4.78 is 47.0. The van der Waals surface area contributed by atoms with Crippen molar-refractivity contribution in [3.8, 4) is 0 Å². The normalized spacial score (nSPS) is 21.8. The first-order valence-electron chi connectivity index (χ1n) is 12.0. The van der Waals surface area contributed by atoms with Crippen molar-refractivity contribution in [1.29, 1.82) is 0 Å². The summed E-state index contributed by atoms with van der Waals surface area (Å²) in [5.41, 5.74) is 0.0825. The van der Waals surface area contributed by atoms with E-state index in [0.717, 1.165) is 58.2 Å². The molecule has 0 radical (unpaired) electrons. The molecule has 0 aromatic heterocycles. The minimum atomic E-state index is -1.44. The number of piperazine rings is 1. The van der Waals surface area contributed by atoms with Crippen molar-refractivity contribution in [3.63, 3.8) is 0 Å². The van der Waals surface area contributed by atoms with Gasteiger partial charge >= 0.3 is 0 Å². The number of hydrogen-bond acceptors (Lipinski definition) is 4. The molecular weight excluding hydrogens is 431 g/mol. The van der Waals surface area contributed by atoms with Gasteiger partial charge in [-0.3, -0.25) is 9.69 Å². The van der Waals surface area contributed by atoms with Crippen molar-refractivity contribution in [2.45, 2.75) is 51.0 Å². The Kier molecular flexibility index (Phi) is 9.62. The lowest BCUT2D eigenvalue weighted by Gasteiger charge is -2.37. The van der Waals surface area contributed by atoms with Gasteiger partial charge in [-0.2, -0.15) is 0 Å². The number of rotatable bonds is 10. The molecule has 33 heavy (non-hydrogen) atoms. The van der Waals surface area contributed by atoms with Gasteiger partial charge in [0.1, 0.15) is 0 Å². The van der Waals surface area contributed by atoms with Crippen molar-refractivity contribution in [2.24, 2.45) is 5.92 Å². The fraction of sp³-hybridized carbons (Fsp3) is 0.640. The Hall–Kier alpha value is -2.06. The van der Waals surface area contributed by atoms with E-state index >= 15 is 0 Å². The van der Waals surface area contributed by atoms with Crippen LogP contribution in [-0.2, 0) is 9.53 Å². The van der Waals surface area contributed by atoms with Crippen LogP contribution >= 0.6 is 0 Å². The van der Waals surface area contributed by atoms with Gasteiger partial charge in [-0.15, -0.1) is 0 Å². The summed E-state index contributed by atoms with van der Waals surface area (Å²) in [7, 11) is 1.64. The van der Waals surface area contributed by atoms with E-state index in [2.05, 4.69) is 16.8 Å². The van der Waals surface area contributed by atoms with Crippen LogP contribution in [0.25, 0.3) is 6.08 Å². The van der Waals surface area contributed by atoms with Gasteiger partial charge in [0.15, 0.2) is 17.5 Å². The minimum absolute atomic E-state index is 0.0203. The Bertz CT molecular complexity index is 805. The highest BCUT2D eigenvalue weighted by Gasteiger charge is 2.26. The second kappa shape index (κ2) is 12.4. The van der Waals surface area contributed by atoms with E-state index < -0.39 is 17.5 Å². The van der Waals surface area contributed by atoms with Crippen LogP contribution in [0, 0.1) is 23.4 Å². The number of carbonyl (C=O) groups excluding carboxylic acids is 1. The predicted octanol–water partition coefficient (Wildman–Crippen LogP) is 4.36. The van der Waals surface area contributed by atoms with E-state index in [4.69, 9.17) is 4.74 Å². The lowest BCUT2D eigenvalue weighted by atomic mass is 9.84. The highest BCUT2D eigenvalue weighted by Crippen LogP contribution is 2.29. The number of ether oxygens (including phenoxy) is 1. The molecule has 3 rings (SSSR count). The van der Waals surface area contributed by atoms with Crippen molar-refractivity contribution >= 4 is 17.7 Å². The van der Waals surface area contributed by atoms with E-state index in [0.29, 0.717) is 32.0 Å². The third-order valence-electron chi connectivity index (χ3n) is 6.91.